The van der Waals surface area contributed by atoms with Crippen LogP contribution in [0.5, 0.6) is 0 Å². The summed E-state index contributed by atoms with van der Waals surface area (Å²) >= 11 is 0. The van der Waals surface area contributed by atoms with Gasteiger partial charge in [0.1, 0.15) is 0 Å². The summed E-state index contributed by atoms with van der Waals surface area (Å²) in [6.07, 6.45) is 0. The Balaban J connectivity index is 1.08. The van der Waals surface area contributed by atoms with Gasteiger partial charge in [0.25, 0.3) is 0 Å². The molecule has 0 saturated carbocycles. The molecule has 0 heterocycles. The van der Waals surface area contributed by atoms with Crippen molar-refractivity contribution in [3.63, 3.8) is 0 Å². The van der Waals surface area contributed by atoms with E-state index in [0.717, 1.165) is 211 Å². The van der Waals surface area contributed by atoms with Gasteiger partial charge in [0.05, 0.1) is 11.4 Å². The van der Waals surface area contributed by atoms with Crippen LogP contribution in [0.2, 0.25) is 0 Å². The Morgan fingerprint density at radius 1 is 0.108 bits per heavy atom. The highest BCUT2D eigenvalue weighted by atomic mass is 15.1. The van der Waals surface area contributed by atoms with E-state index in [1.165, 1.54) is 0 Å². The summed E-state index contributed by atoms with van der Waals surface area (Å²) in [7, 11) is 0. The highest BCUT2D eigenvalue weighted by molar-refractivity contribution is 6.31. The Morgan fingerprint density at radius 3 is 0.533 bits per heavy atom. The lowest BCUT2D eigenvalue weighted by molar-refractivity contribution is 1.30. The first-order valence-electron chi connectivity index (χ1n) is 41.4. The van der Waals surface area contributed by atoms with Crippen molar-refractivity contribution in [2.75, 3.05) is 9.80 Å². The van der Waals surface area contributed by atoms with E-state index >= 15 is 0 Å². The maximum atomic E-state index is 2.57. The van der Waals surface area contributed by atoms with E-state index in [4.69, 9.17) is 0 Å². The quantitative estimate of drug-likeness (QED) is 0.0790. The Labute approximate surface area is 701 Å². The fraction of sp³-hybridized carbons (Fsp3) is 0. The molecule has 2 nitrogen and oxygen atoms in total. The minimum atomic E-state index is 0.996. The predicted molar refractivity (Wildman–Crippen MR) is 511 cm³/mol. The zero-order chi connectivity index (χ0) is 79.7. The van der Waals surface area contributed by atoms with Crippen LogP contribution in [0.3, 0.4) is 0 Å². The van der Waals surface area contributed by atoms with Crippen molar-refractivity contribution in [2.45, 2.75) is 0 Å². The van der Waals surface area contributed by atoms with E-state index in [0.29, 0.717) is 0 Å². The van der Waals surface area contributed by atoms with E-state index in [-0.39, 0.29) is 0 Å². The number of benzene rings is 21. The lowest BCUT2D eigenvalue weighted by Crippen LogP contribution is -2.11. The molecule has 0 aliphatic rings. The molecule has 0 amide bonds. The topological polar surface area (TPSA) is 6.48 Å². The Hall–Kier alpha value is -15.7. The van der Waals surface area contributed by atoms with E-state index in [1.807, 2.05) is 0 Å². The number of hydrogen-bond donors (Lipinski definition) is 0. The van der Waals surface area contributed by atoms with Crippen molar-refractivity contribution in [2.24, 2.45) is 0 Å². The summed E-state index contributed by atoms with van der Waals surface area (Å²) in [5.74, 6) is 0. The fourth-order valence-electron chi connectivity index (χ4n) is 18.8. The average Bonchev–Trinajstić information content (AvgIpc) is 0.687. The zero-order valence-electron chi connectivity index (χ0n) is 66.1. The third kappa shape index (κ3) is 13.0. The van der Waals surface area contributed by atoms with Gasteiger partial charge < -0.3 is 9.80 Å². The molecule has 0 saturated heterocycles. The molecule has 0 atom stereocenters. The van der Waals surface area contributed by atoms with Crippen molar-refractivity contribution in [1.29, 1.82) is 0 Å². The largest absolute Gasteiger partial charge is 0.310 e. The normalized spacial score (nSPS) is 11.3. The van der Waals surface area contributed by atoms with Crippen molar-refractivity contribution in [3.8, 4) is 134 Å². The van der Waals surface area contributed by atoms with E-state index in [9.17, 15) is 0 Å². The van der Waals surface area contributed by atoms with Crippen LogP contribution in [0.15, 0.2) is 485 Å². The first-order valence-corrected chi connectivity index (χ1v) is 41.4. The van der Waals surface area contributed by atoms with Gasteiger partial charge in [-0.05, 0) is 227 Å². The van der Waals surface area contributed by atoms with E-state index in [2.05, 4.69) is 495 Å². The van der Waals surface area contributed by atoms with Crippen LogP contribution in [0.1, 0.15) is 0 Å². The van der Waals surface area contributed by atoms with Gasteiger partial charge in [0, 0.05) is 33.5 Å². The Bertz CT molecular complexity index is 6630. The molecule has 21 aromatic carbocycles. The SMILES string of the molecule is c1ccc(-c2c(-c3ccccc3)c(-c3ccccc3)c(-c3c4ccc(N(c5ccccc5)c5cccc6ccccc56)cc4c(-c4c(-c5ccccc5)c(-c5ccccc5)c(-c5ccccc5)c(-c5ccccc5)c4-c4ccccc4)c4ccc(N(c5ccccc5)c5cccc6ccccc56)cc34)c(-c3ccccc3)c2-c2ccccc2)cc1. The highest BCUT2D eigenvalue weighted by Gasteiger charge is 2.36. The second-order valence-corrected chi connectivity index (χ2v) is 30.7. The second kappa shape index (κ2) is 31.8. The molecule has 21 rings (SSSR count). The molecule has 120 heavy (non-hydrogen) atoms. The minimum absolute atomic E-state index is 0.996. The molecule has 0 fully saturated rings. The molecule has 0 N–H and O–H groups in total. The van der Waals surface area contributed by atoms with Gasteiger partial charge in [-0.15, -0.1) is 0 Å². The Morgan fingerprint density at radius 2 is 0.300 bits per heavy atom. The van der Waals surface area contributed by atoms with Crippen molar-refractivity contribution >= 4 is 77.2 Å². The molecule has 0 unspecified atom stereocenters. The molecule has 0 aromatic heterocycles. The van der Waals surface area contributed by atoms with Crippen molar-refractivity contribution in [3.05, 3.63) is 485 Å². The summed E-state index contributed by atoms with van der Waals surface area (Å²) < 4.78 is 0. The van der Waals surface area contributed by atoms with Gasteiger partial charge in [-0.25, -0.2) is 0 Å². The molecular formula is C118H80N2. The Kier molecular flexibility index (Phi) is 19.1. The molecule has 0 radical (unpaired) electrons. The number of anilines is 6. The summed E-state index contributed by atoms with van der Waals surface area (Å²) in [6, 6.07) is 181. The molecule has 0 bridgehead atoms. The van der Waals surface area contributed by atoms with Crippen LogP contribution in [-0.2, 0) is 0 Å². The van der Waals surface area contributed by atoms with Crippen LogP contribution >= 0.6 is 0 Å². The first-order chi connectivity index (χ1) is 59.7. The summed E-state index contributed by atoms with van der Waals surface area (Å²) in [5.41, 5.74) is 32.7. The minimum Gasteiger partial charge on any atom is -0.310 e. The van der Waals surface area contributed by atoms with Crippen LogP contribution in [-0.4, -0.2) is 0 Å². The van der Waals surface area contributed by atoms with Crippen LogP contribution in [0.25, 0.3) is 177 Å². The lowest BCUT2D eigenvalue weighted by atomic mass is 9.71. The number of rotatable bonds is 18. The fourth-order valence-corrected chi connectivity index (χ4v) is 18.8. The van der Waals surface area contributed by atoms with E-state index in [1.54, 1.807) is 0 Å². The van der Waals surface area contributed by atoms with Crippen molar-refractivity contribution in [1.82, 2.24) is 0 Å². The van der Waals surface area contributed by atoms with Crippen LogP contribution in [0.4, 0.5) is 34.1 Å². The molecule has 21 aromatic rings. The number of fused-ring (bicyclic) bond motifs is 4. The third-order valence-corrected chi connectivity index (χ3v) is 23.8. The van der Waals surface area contributed by atoms with Crippen molar-refractivity contribution < 1.29 is 0 Å². The maximum absolute atomic E-state index is 2.57. The summed E-state index contributed by atoms with van der Waals surface area (Å²) in [4.78, 5) is 5.00. The molecule has 0 aliphatic heterocycles. The molecule has 0 aliphatic carbocycles. The molecule has 0 spiro atoms. The average molecular weight is 1530 g/mol. The molecule has 562 valence electrons. The van der Waals surface area contributed by atoms with Gasteiger partial charge in [-0.3, -0.25) is 0 Å². The highest BCUT2D eigenvalue weighted by Crippen LogP contribution is 2.63. The standard InChI is InChI=1S/C118H80N2/c1-13-45-83(46-14-1)105-107(85-49-17-3-18-50-85)111(89-57-25-7-26-58-89)117(112(90-59-27-8-28-60-90)108(105)86-51-19-4-20-52-86)115-99-77-75-96(120(94-69-35-12-36-70-94)104-74-42-66-82-44-38-40-72-98(82)104)80-102(99)116(100-78-76-95(79-101(100)115)119(93-67-33-11-34-68-93)103-73-41-65-81-43-37-39-71-97(81)103)118-113(91-61-29-9-30-62-91)109(87-53-21-5-22-54-87)106(84-47-15-2-16-48-84)110(88-55-23-6-24-56-88)114(118)92-63-31-10-32-64-92/h1-80H. The maximum Gasteiger partial charge on any atom is 0.0540 e. The monoisotopic (exact) mass is 1520 g/mol. The number of hydrogen-bond acceptors (Lipinski definition) is 2. The molecule has 2 heteroatoms. The predicted octanol–water partition coefficient (Wildman–Crippen LogP) is 33.2. The zero-order valence-corrected chi connectivity index (χ0v) is 66.1. The van der Waals surface area contributed by atoms with Gasteiger partial charge >= 0.3 is 0 Å². The third-order valence-electron chi connectivity index (χ3n) is 23.8. The second-order valence-electron chi connectivity index (χ2n) is 30.7. The smallest absolute Gasteiger partial charge is 0.0540 e. The number of para-hydroxylation sites is 2. The van der Waals surface area contributed by atoms with Crippen LogP contribution < -0.4 is 9.80 Å². The summed E-state index contributed by atoms with van der Waals surface area (Å²) in [5, 5.41) is 8.83. The van der Waals surface area contributed by atoms with Gasteiger partial charge in [0.2, 0.25) is 0 Å². The lowest BCUT2D eigenvalue weighted by Gasteiger charge is -2.33. The first kappa shape index (κ1) is 72.0. The van der Waals surface area contributed by atoms with E-state index < -0.39 is 0 Å². The summed E-state index contributed by atoms with van der Waals surface area (Å²) in [6.45, 7) is 0. The van der Waals surface area contributed by atoms with Gasteiger partial charge in [-0.2, -0.15) is 0 Å². The van der Waals surface area contributed by atoms with Gasteiger partial charge in [0.15, 0.2) is 0 Å². The molecular weight excluding hydrogens is 1450 g/mol. The number of nitrogens with zero attached hydrogens (tertiary/aromatic N) is 2. The van der Waals surface area contributed by atoms with Gasteiger partial charge in [-0.1, -0.05) is 425 Å². The van der Waals surface area contributed by atoms with Crippen LogP contribution in [0, 0.1) is 0 Å².